The lowest BCUT2D eigenvalue weighted by molar-refractivity contribution is 0.227. The van der Waals surface area contributed by atoms with E-state index >= 15 is 0 Å². The lowest BCUT2D eigenvalue weighted by atomic mass is 9.77. The van der Waals surface area contributed by atoms with Crippen LogP contribution in [0.5, 0.6) is 0 Å². The second-order valence-corrected chi connectivity index (χ2v) is 4.78. The van der Waals surface area contributed by atoms with Crippen molar-refractivity contribution in [3.05, 3.63) is 11.6 Å². The van der Waals surface area contributed by atoms with Crippen LogP contribution in [0.15, 0.2) is 11.6 Å². The van der Waals surface area contributed by atoms with Gasteiger partial charge in [0.05, 0.1) is 0 Å². The molecule has 0 aromatic carbocycles. The van der Waals surface area contributed by atoms with Crippen LogP contribution in [0, 0.1) is 5.92 Å². The van der Waals surface area contributed by atoms with E-state index in [-0.39, 0.29) is 0 Å². The summed E-state index contributed by atoms with van der Waals surface area (Å²) in [6.45, 7) is 0. The summed E-state index contributed by atoms with van der Waals surface area (Å²) in [6, 6.07) is 0.549. The summed E-state index contributed by atoms with van der Waals surface area (Å²) in [5, 5.41) is 0. The van der Waals surface area contributed by atoms with Gasteiger partial charge in [-0.3, -0.25) is 11.3 Å². The Morgan fingerprint density at radius 1 is 1.36 bits per heavy atom. The van der Waals surface area contributed by atoms with Crippen molar-refractivity contribution < 1.29 is 0 Å². The molecule has 0 heterocycles. The van der Waals surface area contributed by atoms with Crippen LogP contribution >= 0.6 is 0 Å². The number of hydrogen-bond donors (Lipinski definition) is 2. The predicted molar refractivity (Wildman–Crippen MR) is 59.6 cm³/mol. The SMILES string of the molecule is NNC(CC1=CCCCC1)C1CCC1. The fraction of sp³-hybridized carbons (Fsp3) is 0.833. The summed E-state index contributed by atoms with van der Waals surface area (Å²) in [5.41, 5.74) is 4.65. The van der Waals surface area contributed by atoms with Crippen molar-refractivity contribution in [2.75, 3.05) is 0 Å². The van der Waals surface area contributed by atoms with Gasteiger partial charge in [-0.25, -0.2) is 0 Å². The molecule has 0 saturated heterocycles. The fourth-order valence-corrected chi connectivity index (χ4v) is 2.58. The molecule has 2 nitrogen and oxygen atoms in total. The summed E-state index contributed by atoms with van der Waals surface area (Å²) in [7, 11) is 0. The van der Waals surface area contributed by atoms with E-state index in [0.29, 0.717) is 6.04 Å². The smallest absolute Gasteiger partial charge is 0.0275 e. The van der Waals surface area contributed by atoms with Gasteiger partial charge in [0.1, 0.15) is 0 Å². The number of nitrogens with one attached hydrogen (secondary N) is 1. The van der Waals surface area contributed by atoms with Crippen LogP contribution in [0.4, 0.5) is 0 Å². The summed E-state index contributed by atoms with van der Waals surface area (Å²) in [4.78, 5) is 0. The Kier molecular flexibility index (Phi) is 3.60. The third kappa shape index (κ3) is 2.37. The maximum absolute atomic E-state index is 5.62. The molecule has 1 saturated carbocycles. The molecule has 0 aliphatic heterocycles. The van der Waals surface area contributed by atoms with E-state index in [9.17, 15) is 0 Å². The third-order valence-corrected chi connectivity index (χ3v) is 3.80. The van der Waals surface area contributed by atoms with E-state index in [4.69, 9.17) is 5.84 Å². The highest BCUT2D eigenvalue weighted by atomic mass is 15.2. The van der Waals surface area contributed by atoms with Crippen LogP contribution in [-0.4, -0.2) is 6.04 Å². The van der Waals surface area contributed by atoms with Gasteiger partial charge in [-0.05, 0) is 50.9 Å². The lowest BCUT2D eigenvalue weighted by Crippen LogP contribution is -2.43. The molecule has 2 rings (SSSR count). The average molecular weight is 194 g/mol. The normalized spacial score (nSPS) is 25.4. The van der Waals surface area contributed by atoms with Gasteiger partial charge >= 0.3 is 0 Å². The zero-order valence-electron chi connectivity index (χ0n) is 8.97. The third-order valence-electron chi connectivity index (χ3n) is 3.80. The van der Waals surface area contributed by atoms with Crippen LogP contribution in [0.3, 0.4) is 0 Å². The molecule has 0 aromatic heterocycles. The molecule has 0 spiro atoms. The van der Waals surface area contributed by atoms with Crippen molar-refractivity contribution in [1.29, 1.82) is 0 Å². The molecule has 3 N–H and O–H groups in total. The van der Waals surface area contributed by atoms with E-state index in [1.165, 1.54) is 51.4 Å². The first-order chi connectivity index (χ1) is 6.90. The molecule has 2 aliphatic carbocycles. The predicted octanol–water partition coefficient (Wildman–Crippen LogP) is 2.51. The average Bonchev–Trinajstić information content (AvgIpc) is 2.15. The quantitative estimate of drug-likeness (QED) is 0.410. The Bertz CT molecular complexity index is 206. The Morgan fingerprint density at radius 2 is 2.21 bits per heavy atom. The van der Waals surface area contributed by atoms with Gasteiger partial charge in [-0.2, -0.15) is 0 Å². The fourth-order valence-electron chi connectivity index (χ4n) is 2.58. The van der Waals surface area contributed by atoms with Crippen molar-refractivity contribution in [2.24, 2.45) is 11.8 Å². The van der Waals surface area contributed by atoms with E-state index in [1.807, 2.05) is 0 Å². The summed E-state index contributed by atoms with van der Waals surface area (Å²) in [6.07, 6.45) is 13.2. The standard InChI is InChI=1S/C12H22N2/c13-14-12(11-7-4-8-11)9-10-5-2-1-3-6-10/h5,11-12,14H,1-4,6-9,13H2. The van der Waals surface area contributed by atoms with Crippen molar-refractivity contribution in [1.82, 2.24) is 5.43 Å². The van der Waals surface area contributed by atoms with Crippen molar-refractivity contribution >= 4 is 0 Å². The molecule has 14 heavy (non-hydrogen) atoms. The highest BCUT2D eigenvalue weighted by molar-refractivity contribution is 5.08. The van der Waals surface area contributed by atoms with Crippen molar-refractivity contribution in [3.8, 4) is 0 Å². The molecule has 2 heteroatoms. The molecule has 1 atom stereocenters. The molecule has 80 valence electrons. The van der Waals surface area contributed by atoms with Gasteiger partial charge in [0.25, 0.3) is 0 Å². The Hall–Kier alpha value is -0.340. The molecule has 2 aliphatic rings. The lowest BCUT2D eigenvalue weighted by Gasteiger charge is -2.34. The number of hydrogen-bond acceptors (Lipinski definition) is 2. The van der Waals surface area contributed by atoms with E-state index < -0.39 is 0 Å². The highest BCUT2D eigenvalue weighted by Gasteiger charge is 2.26. The summed E-state index contributed by atoms with van der Waals surface area (Å²) >= 11 is 0. The minimum Gasteiger partial charge on any atom is -0.271 e. The first-order valence-corrected chi connectivity index (χ1v) is 6.04. The Labute approximate surface area is 86.9 Å². The largest absolute Gasteiger partial charge is 0.271 e. The molecule has 0 radical (unpaired) electrons. The molecule has 0 bridgehead atoms. The van der Waals surface area contributed by atoms with Gasteiger partial charge in [0.15, 0.2) is 0 Å². The van der Waals surface area contributed by atoms with E-state index in [0.717, 1.165) is 5.92 Å². The molecule has 0 aromatic rings. The van der Waals surface area contributed by atoms with Gasteiger partial charge in [0, 0.05) is 6.04 Å². The topological polar surface area (TPSA) is 38.0 Å². The number of hydrazine groups is 1. The monoisotopic (exact) mass is 194 g/mol. The second-order valence-electron chi connectivity index (χ2n) is 4.78. The molecular weight excluding hydrogens is 172 g/mol. The van der Waals surface area contributed by atoms with Gasteiger partial charge in [-0.1, -0.05) is 18.1 Å². The molecular formula is C12H22N2. The van der Waals surface area contributed by atoms with Gasteiger partial charge < -0.3 is 0 Å². The van der Waals surface area contributed by atoms with Gasteiger partial charge in [-0.15, -0.1) is 0 Å². The zero-order valence-corrected chi connectivity index (χ0v) is 8.97. The number of nitrogens with two attached hydrogens (primary N) is 1. The second kappa shape index (κ2) is 4.94. The minimum atomic E-state index is 0.549. The number of rotatable bonds is 4. The number of allylic oxidation sites excluding steroid dienone is 1. The van der Waals surface area contributed by atoms with Crippen molar-refractivity contribution in [3.63, 3.8) is 0 Å². The Balaban J connectivity index is 1.83. The van der Waals surface area contributed by atoms with Crippen LogP contribution < -0.4 is 11.3 Å². The first kappa shape index (κ1) is 10.2. The summed E-state index contributed by atoms with van der Waals surface area (Å²) in [5.74, 6) is 6.47. The van der Waals surface area contributed by atoms with E-state index in [1.54, 1.807) is 5.57 Å². The van der Waals surface area contributed by atoms with Crippen LogP contribution in [0.1, 0.15) is 51.4 Å². The van der Waals surface area contributed by atoms with Crippen LogP contribution in [-0.2, 0) is 0 Å². The van der Waals surface area contributed by atoms with E-state index in [2.05, 4.69) is 11.5 Å². The maximum Gasteiger partial charge on any atom is 0.0275 e. The first-order valence-electron chi connectivity index (χ1n) is 6.04. The molecule has 1 fully saturated rings. The van der Waals surface area contributed by atoms with Crippen LogP contribution in [0.25, 0.3) is 0 Å². The maximum atomic E-state index is 5.62. The molecule has 0 amide bonds. The van der Waals surface area contributed by atoms with Crippen LogP contribution in [0.2, 0.25) is 0 Å². The minimum absolute atomic E-state index is 0.549. The van der Waals surface area contributed by atoms with Crippen molar-refractivity contribution in [2.45, 2.75) is 57.4 Å². The highest BCUT2D eigenvalue weighted by Crippen LogP contribution is 2.33. The molecule has 1 unspecified atom stereocenters. The summed E-state index contributed by atoms with van der Waals surface area (Å²) < 4.78 is 0. The van der Waals surface area contributed by atoms with Gasteiger partial charge in [0.2, 0.25) is 0 Å². The Morgan fingerprint density at radius 3 is 2.71 bits per heavy atom. The zero-order chi connectivity index (χ0) is 9.80.